The largest absolute Gasteiger partial charge is 0.338 e. The number of rotatable bonds is 5. The summed E-state index contributed by atoms with van der Waals surface area (Å²) in [5.74, 6) is -0.663. The molecule has 1 saturated heterocycles. The van der Waals surface area contributed by atoms with Crippen molar-refractivity contribution in [1.82, 2.24) is 29.8 Å². The molecule has 1 N–H and O–H groups in total. The molecule has 0 atom stereocenters. The van der Waals surface area contributed by atoms with E-state index in [-0.39, 0.29) is 16.8 Å². The van der Waals surface area contributed by atoms with E-state index in [4.69, 9.17) is 0 Å². The van der Waals surface area contributed by atoms with Gasteiger partial charge in [0.2, 0.25) is 10.0 Å². The third-order valence-electron chi connectivity index (χ3n) is 4.96. The Morgan fingerprint density at radius 2 is 1.77 bits per heavy atom. The number of aromatic nitrogens is 4. The molecule has 0 aliphatic carbocycles. The lowest BCUT2D eigenvalue weighted by atomic mass is 10.0. The summed E-state index contributed by atoms with van der Waals surface area (Å²) in [6.07, 6.45) is 2.36. The third kappa shape index (κ3) is 4.21. The maximum Gasteiger partial charge on any atom is 0.256 e. The molecule has 30 heavy (non-hydrogen) atoms. The summed E-state index contributed by atoms with van der Waals surface area (Å²) in [7, 11) is -3.75. The third-order valence-corrected chi connectivity index (χ3v) is 6.49. The number of nitrogens with one attached hydrogen (secondary N) is 1. The van der Waals surface area contributed by atoms with Crippen molar-refractivity contribution in [3.8, 4) is 5.69 Å². The molecule has 2 aromatic carbocycles. The Kier molecular flexibility index (Phi) is 5.55. The van der Waals surface area contributed by atoms with Crippen molar-refractivity contribution in [3.63, 3.8) is 0 Å². The highest BCUT2D eigenvalue weighted by atomic mass is 32.2. The van der Waals surface area contributed by atoms with Crippen LogP contribution < -0.4 is 4.72 Å². The van der Waals surface area contributed by atoms with E-state index >= 15 is 0 Å². The van der Waals surface area contributed by atoms with Crippen LogP contribution in [0.5, 0.6) is 0 Å². The van der Waals surface area contributed by atoms with Crippen molar-refractivity contribution in [1.29, 1.82) is 0 Å². The summed E-state index contributed by atoms with van der Waals surface area (Å²) in [5.41, 5.74) is 1.04. The van der Waals surface area contributed by atoms with Crippen LogP contribution in [0.3, 0.4) is 0 Å². The molecule has 0 spiro atoms. The first-order valence-corrected chi connectivity index (χ1v) is 10.8. The van der Waals surface area contributed by atoms with Crippen molar-refractivity contribution >= 4 is 15.9 Å². The molecule has 0 bridgehead atoms. The Morgan fingerprint density at radius 1 is 1.07 bits per heavy atom. The van der Waals surface area contributed by atoms with Gasteiger partial charge in [0.1, 0.15) is 12.1 Å². The lowest BCUT2D eigenvalue weighted by Crippen LogP contribution is -2.46. The highest BCUT2D eigenvalue weighted by Crippen LogP contribution is 2.20. The second kappa shape index (κ2) is 8.28. The van der Waals surface area contributed by atoms with E-state index in [1.165, 1.54) is 23.1 Å². The van der Waals surface area contributed by atoms with Gasteiger partial charge in [-0.2, -0.15) is 4.68 Å². The number of likely N-dealkylation sites (tertiary alicyclic amines) is 1. The monoisotopic (exact) mass is 430 g/mol. The van der Waals surface area contributed by atoms with E-state index in [0.717, 1.165) is 12.1 Å². The van der Waals surface area contributed by atoms with Crippen LogP contribution in [-0.4, -0.2) is 58.6 Å². The minimum Gasteiger partial charge on any atom is -0.338 e. The summed E-state index contributed by atoms with van der Waals surface area (Å²) < 4.78 is 42.1. The van der Waals surface area contributed by atoms with E-state index in [2.05, 4.69) is 20.2 Å². The predicted molar refractivity (Wildman–Crippen MR) is 105 cm³/mol. The summed E-state index contributed by atoms with van der Waals surface area (Å²) in [6, 6.07) is 11.4. The minimum atomic E-state index is -3.75. The van der Waals surface area contributed by atoms with E-state index < -0.39 is 15.8 Å². The molecule has 0 unspecified atom stereocenters. The number of nitrogens with zero attached hydrogens (tertiary/aromatic N) is 5. The molecule has 1 aliphatic rings. The highest BCUT2D eigenvalue weighted by molar-refractivity contribution is 7.89. The maximum absolute atomic E-state index is 13.0. The van der Waals surface area contributed by atoms with Crippen LogP contribution in [0, 0.1) is 5.82 Å². The fraction of sp³-hybridized carbons (Fsp3) is 0.263. The summed E-state index contributed by atoms with van der Waals surface area (Å²) in [6.45, 7) is 0.804. The van der Waals surface area contributed by atoms with Crippen LogP contribution in [-0.2, 0) is 10.0 Å². The topological polar surface area (TPSA) is 110 Å². The van der Waals surface area contributed by atoms with Gasteiger partial charge in [-0.25, -0.2) is 17.5 Å². The number of amides is 1. The molecule has 0 saturated carbocycles. The molecule has 0 radical (unpaired) electrons. The number of tetrazole rings is 1. The number of para-hydroxylation sites is 1. The lowest BCUT2D eigenvalue weighted by Gasteiger charge is -2.32. The van der Waals surface area contributed by atoms with Crippen molar-refractivity contribution in [2.75, 3.05) is 13.1 Å². The van der Waals surface area contributed by atoms with Gasteiger partial charge in [-0.05, 0) is 59.7 Å². The molecule has 11 heteroatoms. The predicted octanol–water partition coefficient (Wildman–Crippen LogP) is 1.38. The number of piperidine rings is 1. The van der Waals surface area contributed by atoms with Gasteiger partial charge in [0, 0.05) is 19.1 Å². The molecular formula is C19H19FN6O3S. The second-order valence-corrected chi connectivity index (χ2v) is 8.63. The molecule has 4 rings (SSSR count). The summed E-state index contributed by atoms with van der Waals surface area (Å²) in [4.78, 5) is 14.7. The Bertz CT molecular complexity index is 1130. The van der Waals surface area contributed by atoms with Gasteiger partial charge in [0.05, 0.1) is 16.1 Å². The fourth-order valence-corrected chi connectivity index (χ4v) is 4.70. The number of hydrogen-bond donors (Lipinski definition) is 1. The zero-order chi connectivity index (χ0) is 21.1. The smallest absolute Gasteiger partial charge is 0.256 e. The van der Waals surface area contributed by atoms with E-state index in [1.807, 2.05) is 0 Å². The Labute approximate surface area is 172 Å². The standard InChI is InChI=1S/C19H19FN6O3S/c20-14-5-7-16(8-6-14)30(28,29)22-15-9-11-25(12-10-15)19(27)17-3-1-2-4-18(17)26-13-21-23-24-26/h1-8,13,15,22H,9-12H2. The molecular weight excluding hydrogens is 411 g/mol. The Balaban J connectivity index is 1.42. The van der Waals surface area contributed by atoms with Gasteiger partial charge >= 0.3 is 0 Å². The molecule has 2 heterocycles. The number of hydrogen-bond acceptors (Lipinski definition) is 6. The molecule has 1 amide bonds. The van der Waals surface area contributed by atoms with Crippen LogP contribution in [0.2, 0.25) is 0 Å². The average molecular weight is 430 g/mol. The van der Waals surface area contributed by atoms with Gasteiger partial charge < -0.3 is 4.90 Å². The van der Waals surface area contributed by atoms with Crippen LogP contribution >= 0.6 is 0 Å². The van der Waals surface area contributed by atoms with Gasteiger partial charge in [0.25, 0.3) is 5.91 Å². The van der Waals surface area contributed by atoms with Gasteiger partial charge in [-0.1, -0.05) is 12.1 Å². The maximum atomic E-state index is 13.0. The van der Waals surface area contributed by atoms with Crippen molar-refractivity contribution in [3.05, 3.63) is 66.2 Å². The molecule has 1 aliphatic heterocycles. The molecule has 3 aromatic rings. The van der Waals surface area contributed by atoms with Crippen LogP contribution in [0.15, 0.2) is 59.8 Å². The van der Waals surface area contributed by atoms with Crippen LogP contribution in [0.1, 0.15) is 23.2 Å². The first-order valence-electron chi connectivity index (χ1n) is 9.33. The zero-order valence-corrected chi connectivity index (χ0v) is 16.7. The molecule has 9 nitrogen and oxygen atoms in total. The van der Waals surface area contributed by atoms with Crippen molar-refractivity contribution < 1.29 is 17.6 Å². The SMILES string of the molecule is O=C(c1ccccc1-n1cnnn1)N1CCC(NS(=O)(=O)c2ccc(F)cc2)CC1. The molecule has 1 aromatic heterocycles. The van der Waals surface area contributed by atoms with Gasteiger partial charge in [-0.15, -0.1) is 5.10 Å². The summed E-state index contributed by atoms with van der Waals surface area (Å²) in [5, 5.41) is 11.1. The first-order chi connectivity index (χ1) is 14.4. The average Bonchev–Trinajstić information content (AvgIpc) is 3.29. The molecule has 156 valence electrons. The van der Waals surface area contributed by atoms with Gasteiger partial charge in [-0.3, -0.25) is 4.79 Å². The number of carbonyl (C=O) groups is 1. The van der Waals surface area contributed by atoms with E-state index in [1.54, 1.807) is 29.2 Å². The summed E-state index contributed by atoms with van der Waals surface area (Å²) >= 11 is 0. The molecule has 1 fully saturated rings. The number of carbonyl (C=O) groups excluding carboxylic acids is 1. The number of benzene rings is 2. The fourth-order valence-electron chi connectivity index (χ4n) is 3.40. The number of sulfonamides is 1. The normalized spacial score (nSPS) is 15.3. The first kappa shape index (κ1) is 20.1. The van der Waals surface area contributed by atoms with E-state index in [0.29, 0.717) is 37.2 Å². The second-order valence-electron chi connectivity index (χ2n) is 6.91. The quantitative estimate of drug-likeness (QED) is 0.655. The zero-order valence-electron chi connectivity index (χ0n) is 15.8. The minimum absolute atomic E-state index is 0.0118. The Hall–Kier alpha value is -3.18. The van der Waals surface area contributed by atoms with Crippen molar-refractivity contribution in [2.45, 2.75) is 23.8 Å². The highest BCUT2D eigenvalue weighted by Gasteiger charge is 2.28. The van der Waals surface area contributed by atoms with Crippen LogP contribution in [0.25, 0.3) is 5.69 Å². The van der Waals surface area contributed by atoms with Crippen LogP contribution in [0.4, 0.5) is 4.39 Å². The Morgan fingerprint density at radius 3 is 2.43 bits per heavy atom. The van der Waals surface area contributed by atoms with E-state index in [9.17, 15) is 17.6 Å². The van der Waals surface area contributed by atoms with Crippen molar-refractivity contribution in [2.24, 2.45) is 0 Å². The van der Waals surface area contributed by atoms with Gasteiger partial charge in [0.15, 0.2) is 0 Å². The number of halogens is 1. The lowest BCUT2D eigenvalue weighted by molar-refractivity contribution is 0.0711.